The van der Waals surface area contributed by atoms with Crippen LogP contribution in [-0.4, -0.2) is 45.4 Å². The highest BCUT2D eigenvalue weighted by Crippen LogP contribution is 2.27. The average Bonchev–Trinajstić information content (AvgIpc) is 2.40. The summed E-state index contributed by atoms with van der Waals surface area (Å²) in [5.41, 5.74) is 0.739. The number of rotatable bonds is 2. The van der Waals surface area contributed by atoms with Crippen molar-refractivity contribution in [3.05, 3.63) is 29.6 Å². The molecule has 22 heavy (non-hydrogen) atoms. The highest BCUT2D eigenvalue weighted by Gasteiger charge is 2.35. The van der Waals surface area contributed by atoms with Crippen LogP contribution in [0.5, 0.6) is 0 Å². The first-order valence-electron chi connectivity index (χ1n) is 7.79. The highest BCUT2D eigenvalue weighted by molar-refractivity contribution is 5.68. The Morgan fingerprint density at radius 2 is 2.00 bits per heavy atom. The largest absolute Gasteiger partial charge is 0.444 e. The minimum absolute atomic E-state index is 0.299. The van der Waals surface area contributed by atoms with Gasteiger partial charge >= 0.3 is 6.09 Å². The number of aromatic nitrogens is 1. The Balaban J connectivity index is 1.90. The Hall–Kier alpha value is -1.62. The maximum absolute atomic E-state index is 12.0. The maximum Gasteiger partial charge on any atom is 0.410 e. The third-order valence-corrected chi connectivity index (χ3v) is 3.85. The lowest BCUT2D eigenvalue weighted by atomic mass is 9.86. The molecule has 1 aromatic rings. The third kappa shape index (κ3) is 4.70. The number of amides is 1. The first-order chi connectivity index (χ1) is 10.2. The SMILES string of the molecule is Cc1ccc(CC2(O)CCN(C(=O)OC(C)(C)C)CC2)cn1. The van der Waals surface area contributed by atoms with Gasteiger partial charge in [0.15, 0.2) is 0 Å². The molecule has 2 heterocycles. The molecule has 1 saturated heterocycles. The van der Waals surface area contributed by atoms with E-state index < -0.39 is 11.2 Å². The van der Waals surface area contributed by atoms with E-state index in [1.807, 2.05) is 46.0 Å². The summed E-state index contributed by atoms with van der Waals surface area (Å²) in [6, 6.07) is 3.95. The van der Waals surface area contributed by atoms with E-state index in [4.69, 9.17) is 4.74 Å². The first-order valence-corrected chi connectivity index (χ1v) is 7.79. The number of carbonyl (C=O) groups excluding carboxylic acids is 1. The number of hydrogen-bond acceptors (Lipinski definition) is 4. The molecule has 0 aromatic carbocycles. The summed E-state index contributed by atoms with van der Waals surface area (Å²) in [7, 11) is 0. The van der Waals surface area contributed by atoms with Gasteiger partial charge in [-0.1, -0.05) is 6.07 Å². The second-order valence-electron chi connectivity index (χ2n) is 7.18. The van der Waals surface area contributed by atoms with Gasteiger partial charge in [-0.2, -0.15) is 0 Å². The van der Waals surface area contributed by atoms with Gasteiger partial charge in [0.2, 0.25) is 0 Å². The smallest absolute Gasteiger partial charge is 0.410 e. The Bertz CT molecular complexity index is 512. The van der Waals surface area contributed by atoms with E-state index in [-0.39, 0.29) is 6.09 Å². The molecular weight excluding hydrogens is 280 g/mol. The van der Waals surface area contributed by atoms with Crippen LogP contribution in [0.4, 0.5) is 4.79 Å². The van der Waals surface area contributed by atoms with Gasteiger partial charge in [-0.15, -0.1) is 0 Å². The van der Waals surface area contributed by atoms with Crippen LogP contribution in [0.1, 0.15) is 44.9 Å². The molecule has 1 aliphatic rings. The fraction of sp³-hybridized carbons (Fsp3) is 0.647. The predicted molar refractivity (Wildman–Crippen MR) is 84.7 cm³/mol. The lowest BCUT2D eigenvalue weighted by Crippen LogP contribution is -2.49. The van der Waals surface area contributed by atoms with Gasteiger partial charge < -0.3 is 14.7 Å². The van der Waals surface area contributed by atoms with E-state index in [9.17, 15) is 9.90 Å². The topological polar surface area (TPSA) is 62.7 Å². The molecule has 1 aromatic heterocycles. The molecule has 5 nitrogen and oxygen atoms in total. The molecule has 1 amide bonds. The monoisotopic (exact) mass is 306 g/mol. The number of hydrogen-bond donors (Lipinski definition) is 1. The van der Waals surface area contributed by atoms with E-state index in [0.717, 1.165) is 11.3 Å². The van der Waals surface area contributed by atoms with Crippen LogP contribution < -0.4 is 0 Å². The van der Waals surface area contributed by atoms with Gasteiger partial charge in [0.25, 0.3) is 0 Å². The lowest BCUT2D eigenvalue weighted by Gasteiger charge is -2.38. The molecule has 0 unspecified atom stereocenters. The number of pyridine rings is 1. The Morgan fingerprint density at radius 3 is 2.50 bits per heavy atom. The molecule has 122 valence electrons. The van der Waals surface area contributed by atoms with E-state index in [1.165, 1.54) is 0 Å². The maximum atomic E-state index is 12.0. The number of aliphatic hydroxyl groups is 1. The van der Waals surface area contributed by atoms with E-state index >= 15 is 0 Å². The summed E-state index contributed by atoms with van der Waals surface area (Å²) in [6.07, 6.45) is 3.20. The summed E-state index contributed by atoms with van der Waals surface area (Å²) in [5, 5.41) is 10.7. The Kier molecular flexibility index (Phi) is 4.75. The average molecular weight is 306 g/mol. The Morgan fingerprint density at radius 1 is 1.36 bits per heavy atom. The van der Waals surface area contributed by atoms with Gasteiger partial charge in [0.1, 0.15) is 5.60 Å². The van der Waals surface area contributed by atoms with Crippen molar-refractivity contribution in [2.45, 2.75) is 58.2 Å². The second-order valence-corrected chi connectivity index (χ2v) is 7.18. The zero-order chi connectivity index (χ0) is 16.4. The van der Waals surface area contributed by atoms with Crippen LogP contribution in [0.2, 0.25) is 0 Å². The van der Waals surface area contributed by atoms with Crippen molar-refractivity contribution < 1.29 is 14.6 Å². The van der Waals surface area contributed by atoms with Crippen molar-refractivity contribution in [1.29, 1.82) is 0 Å². The van der Waals surface area contributed by atoms with Crippen molar-refractivity contribution in [3.63, 3.8) is 0 Å². The van der Waals surface area contributed by atoms with Crippen LogP contribution in [0, 0.1) is 6.92 Å². The molecule has 0 radical (unpaired) electrons. The summed E-state index contributed by atoms with van der Waals surface area (Å²) >= 11 is 0. The predicted octanol–water partition coefficient (Wildman–Crippen LogP) is 2.69. The van der Waals surface area contributed by atoms with Gasteiger partial charge in [-0.25, -0.2) is 4.79 Å². The van der Waals surface area contributed by atoms with Crippen molar-refractivity contribution in [3.8, 4) is 0 Å². The molecule has 1 N–H and O–H groups in total. The van der Waals surface area contributed by atoms with Crippen LogP contribution in [0.3, 0.4) is 0 Å². The van der Waals surface area contributed by atoms with Crippen molar-refractivity contribution >= 4 is 6.09 Å². The quantitative estimate of drug-likeness (QED) is 0.912. The van der Waals surface area contributed by atoms with Gasteiger partial charge in [-0.3, -0.25) is 4.98 Å². The number of likely N-dealkylation sites (tertiary alicyclic amines) is 1. The minimum Gasteiger partial charge on any atom is -0.444 e. The molecule has 5 heteroatoms. The number of carbonyl (C=O) groups is 1. The molecule has 0 bridgehead atoms. The zero-order valence-corrected chi connectivity index (χ0v) is 13.9. The fourth-order valence-electron chi connectivity index (χ4n) is 2.59. The van der Waals surface area contributed by atoms with Crippen LogP contribution >= 0.6 is 0 Å². The molecule has 0 saturated carbocycles. The van der Waals surface area contributed by atoms with E-state index in [2.05, 4.69) is 4.98 Å². The number of piperidine rings is 1. The standard InChI is InChI=1S/C17H26N2O3/c1-13-5-6-14(12-18-13)11-17(21)7-9-19(10-8-17)15(20)22-16(2,3)4/h5-6,12,21H,7-11H2,1-4H3. The van der Waals surface area contributed by atoms with Crippen LogP contribution in [0.25, 0.3) is 0 Å². The first kappa shape index (κ1) is 16.7. The third-order valence-electron chi connectivity index (χ3n) is 3.85. The normalized spacial score (nSPS) is 18.1. The van der Waals surface area contributed by atoms with Crippen molar-refractivity contribution in [1.82, 2.24) is 9.88 Å². The second kappa shape index (κ2) is 6.24. The summed E-state index contributed by atoms with van der Waals surface area (Å²) < 4.78 is 5.37. The molecule has 1 fully saturated rings. The van der Waals surface area contributed by atoms with Gasteiger partial charge in [0, 0.05) is 31.4 Å². The van der Waals surface area contributed by atoms with Gasteiger partial charge in [-0.05, 0) is 52.2 Å². The Labute approximate surface area is 132 Å². The zero-order valence-electron chi connectivity index (χ0n) is 13.9. The molecule has 0 atom stereocenters. The van der Waals surface area contributed by atoms with E-state index in [0.29, 0.717) is 32.4 Å². The molecule has 0 spiro atoms. The van der Waals surface area contributed by atoms with Crippen molar-refractivity contribution in [2.24, 2.45) is 0 Å². The van der Waals surface area contributed by atoms with Crippen LogP contribution in [0.15, 0.2) is 18.3 Å². The van der Waals surface area contributed by atoms with Crippen LogP contribution in [-0.2, 0) is 11.2 Å². The number of nitrogens with zero attached hydrogens (tertiary/aromatic N) is 2. The highest BCUT2D eigenvalue weighted by atomic mass is 16.6. The minimum atomic E-state index is -0.768. The molecule has 1 aliphatic heterocycles. The molecular formula is C17H26N2O3. The van der Waals surface area contributed by atoms with Crippen molar-refractivity contribution in [2.75, 3.05) is 13.1 Å². The fourth-order valence-corrected chi connectivity index (χ4v) is 2.59. The van der Waals surface area contributed by atoms with Gasteiger partial charge in [0.05, 0.1) is 5.60 Å². The summed E-state index contributed by atoms with van der Waals surface area (Å²) in [5.74, 6) is 0. The molecule has 2 rings (SSSR count). The van der Waals surface area contributed by atoms with E-state index in [1.54, 1.807) is 4.90 Å². The number of ether oxygens (including phenoxy) is 1. The summed E-state index contributed by atoms with van der Waals surface area (Å²) in [6.45, 7) is 8.55. The number of aryl methyl sites for hydroxylation is 1. The molecule has 0 aliphatic carbocycles. The lowest BCUT2D eigenvalue weighted by molar-refractivity contribution is -0.0315. The summed E-state index contributed by atoms with van der Waals surface area (Å²) in [4.78, 5) is 18.0.